The normalized spacial score (nSPS) is 16.9. The second-order valence-electron chi connectivity index (χ2n) is 5.18. The molecule has 1 aromatic carbocycles. The van der Waals surface area contributed by atoms with Crippen molar-refractivity contribution >= 4 is 15.7 Å². The first-order chi connectivity index (χ1) is 9.42. The maximum Gasteiger partial charge on any atom is 0.240 e. The molecule has 0 atom stereocenters. The van der Waals surface area contributed by atoms with E-state index < -0.39 is 15.8 Å². The number of sulfonamides is 1. The average Bonchev–Trinajstić information content (AvgIpc) is 3.18. The van der Waals surface area contributed by atoms with Crippen LogP contribution in [0.2, 0.25) is 0 Å². The van der Waals surface area contributed by atoms with Gasteiger partial charge >= 0.3 is 0 Å². The van der Waals surface area contributed by atoms with E-state index in [0.717, 1.165) is 18.9 Å². The molecule has 112 valence electrons. The Morgan fingerprint density at radius 2 is 2.10 bits per heavy atom. The highest BCUT2D eigenvalue weighted by Crippen LogP contribution is 2.48. The van der Waals surface area contributed by atoms with Gasteiger partial charge in [-0.25, -0.2) is 17.5 Å². The summed E-state index contributed by atoms with van der Waals surface area (Å²) in [7, 11) is -2.35. The topological polar surface area (TPSA) is 78.4 Å². The number of hydrogen-bond donors (Lipinski definition) is 3. The van der Waals surface area contributed by atoms with Crippen LogP contribution in [0.4, 0.5) is 10.1 Å². The van der Waals surface area contributed by atoms with Crippen LogP contribution in [0.3, 0.4) is 0 Å². The lowest BCUT2D eigenvalue weighted by atomic mass is 10.0. The fourth-order valence-electron chi connectivity index (χ4n) is 2.14. The number of halogens is 1. The van der Waals surface area contributed by atoms with Gasteiger partial charge in [-0.2, -0.15) is 0 Å². The third-order valence-corrected chi connectivity index (χ3v) is 5.18. The first-order valence-electron chi connectivity index (χ1n) is 6.50. The molecule has 0 aromatic heterocycles. The predicted octanol–water partition coefficient (Wildman–Crippen LogP) is 1.31. The van der Waals surface area contributed by atoms with Crippen LogP contribution in [0.25, 0.3) is 0 Å². The second kappa shape index (κ2) is 5.67. The SMILES string of the molecule is CNS(=O)(=O)c1ccc(NCC2(CCO)CC2)c(F)c1. The summed E-state index contributed by atoms with van der Waals surface area (Å²) in [6, 6.07) is 3.79. The molecule has 1 aliphatic rings. The van der Waals surface area contributed by atoms with E-state index in [4.69, 9.17) is 5.11 Å². The lowest BCUT2D eigenvalue weighted by Gasteiger charge is -2.16. The molecular weight excluding hydrogens is 283 g/mol. The zero-order chi connectivity index (χ0) is 14.8. The zero-order valence-electron chi connectivity index (χ0n) is 11.3. The van der Waals surface area contributed by atoms with Crippen molar-refractivity contribution in [2.45, 2.75) is 24.2 Å². The number of nitrogens with one attached hydrogen (secondary N) is 2. The van der Waals surface area contributed by atoms with Gasteiger partial charge in [-0.05, 0) is 49.9 Å². The Bertz CT molecular complexity index is 585. The van der Waals surface area contributed by atoms with Crippen molar-refractivity contribution < 1.29 is 17.9 Å². The Morgan fingerprint density at radius 1 is 1.40 bits per heavy atom. The Hall–Kier alpha value is -1.18. The summed E-state index contributed by atoms with van der Waals surface area (Å²) >= 11 is 0. The maximum absolute atomic E-state index is 13.9. The van der Waals surface area contributed by atoms with Gasteiger partial charge in [-0.15, -0.1) is 0 Å². The summed E-state index contributed by atoms with van der Waals surface area (Å²) in [6.07, 6.45) is 2.75. The molecule has 3 N–H and O–H groups in total. The van der Waals surface area contributed by atoms with Gasteiger partial charge in [-0.3, -0.25) is 0 Å². The Labute approximate surface area is 118 Å². The maximum atomic E-state index is 13.9. The lowest BCUT2D eigenvalue weighted by molar-refractivity contribution is 0.253. The van der Waals surface area contributed by atoms with Crippen molar-refractivity contribution in [1.29, 1.82) is 0 Å². The van der Waals surface area contributed by atoms with Crippen LogP contribution >= 0.6 is 0 Å². The highest BCUT2D eigenvalue weighted by atomic mass is 32.2. The Balaban J connectivity index is 2.07. The number of hydrogen-bond acceptors (Lipinski definition) is 4. The molecule has 7 heteroatoms. The minimum atomic E-state index is -3.63. The molecule has 1 aromatic rings. The van der Waals surface area contributed by atoms with Crippen LogP contribution in [-0.2, 0) is 10.0 Å². The smallest absolute Gasteiger partial charge is 0.240 e. The van der Waals surface area contributed by atoms with Crippen LogP contribution in [-0.4, -0.2) is 33.7 Å². The summed E-state index contributed by atoms with van der Waals surface area (Å²) in [5.74, 6) is -0.596. The number of rotatable bonds is 7. The molecule has 0 spiro atoms. The van der Waals surface area contributed by atoms with Crippen LogP contribution in [0.15, 0.2) is 23.1 Å². The highest BCUT2D eigenvalue weighted by Gasteiger charge is 2.41. The number of aliphatic hydroxyl groups excluding tert-OH is 1. The average molecular weight is 302 g/mol. The summed E-state index contributed by atoms with van der Waals surface area (Å²) in [6.45, 7) is 0.714. The van der Waals surface area contributed by atoms with E-state index >= 15 is 0 Å². The van der Waals surface area contributed by atoms with Crippen LogP contribution in [0.1, 0.15) is 19.3 Å². The van der Waals surface area contributed by atoms with Gasteiger partial charge in [0.15, 0.2) is 0 Å². The largest absolute Gasteiger partial charge is 0.396 e. The standard InChI is InChI=1S/C13H19FN2O3S/c1-15-20(18,19)10-2-3-12(11(14)8-10)16-9-13(4-5-13)6-7-17/h2-3,8,15-17H,4-7,9H2,1H3. The molecule has 2 rings (SSSR count). The lowest BCUT2D eigenvalue weighted by Crippen LogP contribution is -2.20. The fourth-order valence-corrected chi connectivity index (χ4v) is 2.88. The van der Waals surface area contributed by atoms with Crippen LogP contribution in [0.5, 0.6) is 0 Å². The van der Waals surface area contributed by atoms with E-state index in [0.29, 0.717) is 13.0 Å². The summed E-state index contributed by atoms with van der Waals surface area (Å²) in [5, 5.41) is 12.0. The van der Waals surface area contributed by atoms with Crippen LogP contribution < -0.4 is 10.0 Å². The van der Waals surface area contributed by atoms with Crippen LogP contribution in [0, 0.1) is 11.2 Å². The third-order valence-electron chi connectivity index (χ3n) is 3.77. The Kier molecular flexibility index (Phi) is 4.31. The van der Waals surface area contributed by atoms with Gasteiger partial charge in [0.25, 0.3) is 0 Å². The molecular formula is C13H19FN2O3S. The molecule has 20 heavy (non-hydrogen) atoms. The number of aliphatic hydroxyl groups is 1. The van der Waals surface area contributed by atoms with Gasteiger partial charge in [0, 0.05) is 13.2 Å². The van der Waals surface area contributed by atoms with Crippen molar-refractivity contribution in [2.75, 3.05) is 25.5 Å². The predicted molar refractivity (Wildman–Crippen MR) is 74.5 cm³/mol. The number of anilines is 1. The van der Waals surface area contributed by atoms with E-state index in [9.17, 15) is 12.8 Å². The van der Waals surface area contributed by atoms with Crippen molar-refractivity contribution in [3.05, 3.63) is 24.0 Å². The van der Waals surface area contributed by atoms with Gasteiger partial charge in [0.05, 0.1) is 10.6 Å². The van der Waals surface area contributed by atoms with Crippen molar-refractivity contribution in [2.24, 2.45) is 5.41 Å². The molecule has 0 amide bonds. The van der Waals surface area contributed by atoms with Gasteiger partial charge in [0.2, 0.25) is 10.0 Å². The minimum absolute atomic E-state index is 0.0664. The molecule has 0 bridgehead atoms. The van der Waals surface area contributed by atoms with Crippen molar-refractivity contribution in [1.82, 2.24) is 4.72 Å². The third kappa shape index (κ3) is 3.28. The number of benzene rings is 1. The molecule has 0 aliphatic heterocycles. The molecule has 0 radical (unpaired) electrons. The van der Waals surface area contributed by atoms with Gasteiger partial charge in [-0.1, -0.05) is 0 Å². The van der Waals surface area contributed by atoms with Gasteiger partial charge < -0.3 is 10.4 Å². The Morgan fingerprint density at radius 3 is 2.60 bits per heavy atom. The molecule has 1 aliphatic carbocycles. The molecule has 1 fully saturated rings. The molecule has 0 saturated heterocycles. The summed E-state index contributed by atoms with van der Waals surface area (Å²) in [4.78, 5) is -0.0976. The monoisotopic (exact) mass is 302 g/mol. The second-order valence-corrected chi connectivity index (χ2v) is 7.06. The summed E-state index contributed by atoms with van der Waals surface area (Å²) in [5.41, 5.74) is 0.348. The highest BCUT2D eigenvalue weighted by molar-refractivity contribution is 7.89. The van der Waals surface area contributed by atoms with E-state index in [2.05, 4.69) is 10.0 Å². The molecule has 1 saturated carbocycles. The van der Waals surface area contributed by atoms with E-state index in [1.54, 1.807) is 0 Å². The van der Waals surface area contributed by atoms with E-state index in [1.807, 2.05) is 0 Å². The zero-order valence-corrected chi connectivity index (χ0v) is 12.1. The first kappa shape index (κ1) is 15.2. The molecule has 0 heterocycles. The fraction of sp³-hybridized carbons (Fsp3) is 0.538. The van der Waals surface area contributed by atoms with Crippen molar-refractivity contribution in [3.8, 4) is 0 Å². The molecule has 5 nitrogen and oxygen atoms in total. The van der Waals surface area contributed by atoms with E-state index in [-0.39, 0.29) is 22.6 Å². The molecule has 0 unspecified atom stereocenters. The quantitative estimate of drug-likeness (QED) is 0.709. The first-order valence-corrected chi connectivity index (χ1v) is 7.99. The van der Waals surface area contributed by atoms with Gasteiger partial charge in [0.1, 0.15) is 5.82 Å². The van der Waals surface area contributed by atoms with E-state index in [1.165, 1.54) is 19.2 Å². The minimum Gasteiger partial charge on any atom is -0.396 e. The van der Waals surface area contributed by atoms with Crippen molar-refractivity contribution in [3.63, 3.8) is 0 Å². The summed E-state index contributed by atoms with van der Waals surface area (Å²) < 4.78 is 39.1.